The van der Waals surface area contributed by atoms with Gasteiger partial charge in [0.15, 0.2) is 20.8 Å². The maximum atomic E-state index is 12.6. The topological polar surface area (TPSA) is 87.0 Å². The highest BCUT2D eigenvalue weighted by molar-refractivity contribution is 8.00. The van der Waals surface area contributed by atoms with E-state index in [1.54, 1.807) is 49.8 Å². The first-order chi connectivity index (χ1) is 15.1. The number of hydrogen-bond donors (Lipinski definition) is 0. The van der Waals surface area contributed by atoms with Crippen molar-refractivity contribution in [3.8, 4) is 22.8 Å². The van der Waals surface area contributed by atoms with Crippen LogP contribution in [-0.4, -0.2) is 46.8 Å². The average molecular weight is 453 g/mol. The molecule has 2 heterocycles. The molecule has 2 aromatic carbocycles. The molecule has 158 valence electrons. The molecule has 0 bridgehead atoms. The molecule has 7 nitrogen and oxygen atoms in total. The van der Waals surface area contributed by atoms with Gasteiger partial charge < -0.3 is 4.74 Å². The van der Waals surface area contributed by atoms with Gasteiger partial charge in [0.1, 0.15) is 5.75 Å². The van der Waals surface area contributed by atoms with Crippen LogP contribution in [0.1, 0.15) is 0 Å². The maximum absolute atomic E-state index is 12.6. The van der Waals surface area contributed by atoms with E-state index in [-0.39, 0.29) is 5.75 Å². The predicted molar refractivity (Wildman–Crippen MR) is 120 cm³/mol. The zero-order chi connectivity index (χ0) is 21.7. The molecule has 0 atom stereocenters. The molecule has 0 aliphatic carbocycles. The van der Waals surface area contributed by atoms with Gasteiger partial charge in [0, 0.05) is 29.4 Å². The van der Waals surface area contributed by atoms with Crippen molar-refractivity contribution in [2.24, 2.45) is 0 Å². The summed E-state index contributed by atoms with van der Waals surface area (Å²) in [7, 11) is -1.75. The van der Waals surface area contributed by atoms with E-state index in [0.717, 1.165) is 17.0 Å². The lowest BCUT2D eigenvalue weighted by atomic mass is 10.2. The Hall–Kier alpha value is -3.17. The third-order valence-corrected chi connectivity index (χ3v) is 7.51. The van der Waals surface area contributed by atoms with Gasteiger partial charge in [-0.15, -0.1) is 10.2 Å². The Labute approximate surface area is 185 Å². The SMILES string of the molecule is COc1ccc(-n2c(SCCS(=O)(=O)c3ccccc3)nnc2-c2ccncc2)cc1. The van der Waals surface area contributed by atoms with Gasteiger partial charge in [0.25, 0.3) is 0 Å². The lowest BCUT2D eigenvalue weighted by molar-refractivity contribution is 0.414. The van der Waals surface area contributed by atoms with Gasteiger partial charge in [-0.3, -0.25) is 9.55 Å². The first-order valence-corrected chi connectivity index (χ1v) is 12.1. The van der Waals surface area contributed by atoms with E-state index in [0.29, 0.717) is 21.6 Å². The summed E-state index contributed by atoms with van der Waals surface area (Å²) in [5.74, 6) is 1.75. The number of aromatic nitrogens is 4. The van der Waals surface area contributed by atoms with Gasteiger partial charge in [-0.2, -0.15) is 0 Å². The van der Waals surface area contributed by atoms with Crippen molar-refractivity contribution >= 4 is 21.6 Å². The van der Waals surface area contributed by atoms with Crippen LogP contribution in [0.2, 0.25) is 0 Å². The molecule has 0 fully saturated rings. The Morgan fingerprint density at radius 1 is 0.935 bits per heavy atom. The van der Waals surface area contributed by atoms with Crippen molar-refractivity contribution in [3.63, 3.8) is 0 Å². The lowest BCUT2D eigenvalue weighted by Crippen LogP contribution is -2.09. The molecule has 0 saturated carbocycles. The molecule has 0 spiro atoms. The Balaban J connectivity index is 1.62. The molecular formula is C22H20N4O3S2. The fourth-order valence-corrected chi connectivity index (χ4v) is 5.62. The summed E-state index contributed by atoms with van der Waals surface area (Å²) in [5.41, 5.74) is 1.72. The molecule has 0 N–H and O–H groups in total. The summed E-state index contributed by atoms with van der Waals surface area (Å²) >= 11 is 1.35. The molecule has 2 aromatic heterocycles. The number of pyridine rings is 1. The van der Waals surface area contributed by atoms with E-state index in [9.17, 15) is 8.42 Å². The summed E-state index contributed by atoms with van der Waals surface area (Å²) in [6.07, 6.45) is 3.39. The number of sulfone groups is 1. The van der Waals surface area contributed by atoms with Crippen LogP contribution in [0.5, 0.6) is 5.75 Å². The van der Waals surface area contributed by atoms with Gasteiger partial charge in [-0.1, -0.05) is 30.0 Å². The van der Waals surface area contributed by atoms with Crippen LogP contribution in [0.25, 0.3) is 17.1 Å². The first kappa shape index (κ1) is 21.1. The van der Waals surface area contributed by atoms with E-state index in [1.165, 1.54) is 11.8 Å². The Morgan fingerprint density at radius 3 is 2.32 bits per heavy atom. The number of rotatable bonds is 8. The first-order valence-electron chi connectivity index (χ1n) is 9.49. The number of nitrogens with zero attached hydrogens (tertiary/aromatic N) is 4. The Morgan fingerprint density at radius 2 is 1.65 bits per heavy atom. The molecule has 31 heavy (non-hydrogen) atoms. The molecule has 0 unspecified atom stereocenters. The van der Waals surface area contributed by atoms with Crippen LogP contribution in [-0.2, 0) is 9.84 Å². The van der Waals surface area contributed by atoms with Crippen molar-refractivity contribution in [2.45, 2.75) is 10.1 Å². The van der Waals surface area contributed by atoms with Crippen molar-refractivity contribution in [1.29, 1.82) is 0 Å². The van der Waals surface area contributed by atoms with Gasteiger partial charge >= 0.3 is 0 Å². The summed E-state index contributed by atoms with van der Waals surface area (Å²) in [6.45, 7) is 0. The van der Waals surface area contributed by atoms with Crippen LogP contribution in [0.3, 0.4) is 0 Å². The Bertz CT molecular complexity index is 1240. The fourth-order valence-electron chi connectivity index (χ4n) is 3.00. The van der Waals surface area contributed by atoms with Crippen LogP contribution < -0.4 is 4.74 Å². The second-order valence-corrected chi connectivity index (χ2v) is 9.73. The van der Waals surface area contributed by atoms with Crippen LogP contribution >= 0.6 is 11.8 Å². The molecule has 4 aromatic rings. The molecule has 0 radical (unpaired) electrons. The highest BCUT2D eigenvalue weighted by Crippen LogP contribution is 2.29. The number of hydrogen-bond acceptors (Lipinski definition) is 7. The van der Waals surface area contributed by atoms with E-state index in [2.05, 4.69) is 15.2 Å². The van der Waals surface area contributed by atoms with E-state index < -0.39 is 9.84 Å². The van der Waals surface area contributed by atoms with Gasteiger partial charge in [-0.05, 0) is 48.5 Å². The van der Waals surface area contributed by atoms with Crippen molar-refractivity contribution < 1.29 is 13.2 Å². The largest absolute Gasteiger partial charge is 0.497 e. The second-order valence-electron chi connectivity index (χ2n) is 6.56. The minimum atomic E-state index is -3.37. The van der Waals surface area contributed by atoms with Gasteiger partial charge in [0.2, 0.25) is 0 Å². The van der Waals surface area contributed by atoms with Crippen molar-refractivity contribution in [2.75, 3.05) is 18.6 Å². The number of thioether (sulfide) groups is 1. The van der Waals surface area contributed by atoms with Crippen molar-refractivity contribution in [1.82, 2.24) is 19.7 Å². The van der Waals surface area contributed by atoms with Gasteiger partial charge in [0.05, 0.1) is 17.8 Å². The predicted octanol–water partition coefficient (Wildman–Crippen LogP) is 3.90. The lowest BCUT2D eigenvalue weighted by Gasteiger charge is -2.11. The van der Waals surface area contributed by atoms with E-state index >= 15 is 0 Å². The Kier molecular flexibility index (Phi) is 6.34. The van der Waals surface area contributed by atoms with E-state index in [1.807, 2.05) is 41.0 Å². The van der Waals surface area contributed by atoms with Crippen LogP contribution in [0, 0.1) is 0 Å². The normalized spacial score (nSPS) is 11.4. The fraction of sp³-hybridized carbons (Fsp3) is 0.136. The number of benzene rings is 2. The van der Waals surface area contributed by atoms with Gasteiger partial charge in [-0.25, -0.2) is 8.42 Å². The van der Waals surface area contributed by atoms with Crippen molar-refractivity contribution in [3.05, 3.63) is 79.1 Å². The molecule has 0 aliphatic heterocycles. The standard InChI is InChI=1S/C22H20N4O3S2/c1-29-19-9-7-18(8-10-19)26-21(17-11-13-23-14-12-17)24-25-22(26)30-15-16-31(27,28)20-5-3-2-4-6-20/h2-14H,15-16H2,1H3. The smallest absolute Gasteiger partial charge is 0.196 e. The average Bonchev–Trinajstić information content (AvgIpc) is 3.24. The maximum Gasteiger partial charge on any atom is 0.196 e. The quantitative estimate of drug-likeness (QED) is 0.375. The third kappa shape index (κ3) is 4.78. The minimum absolute atomic E-state index is 0.00173. The second kappa shape index (κ2) is 9.32. The summed E-state index contributed by atoms with van der Waals surface area (Å²) in [6, 6.07) is 19.7. The van der Waals surface area contributed by atoms with Crippen LogP contribution in [0.15, 0.2) is 89.2 Å². The summed E-state index contributed by atoms with van der Waals surface area (Å²) in [4.78, 5) is 4.39. The minimum Gasteiger partial charge on any atom is -0.497 e. The number of ether oxygens (including phenoxy) is 1. The monoisotopic (exact) mass is 452 g/mol. The highest BCUT2D eigenvalue weighted by atomic mass is 32.2. The zero-order valence-corrected chi connectivity index (χ0v) is 18.4. The van der Waals surface area contributed by atoms with Crippen LogP contribution in [0.4, 0.5) is 0 Å². The molecule has 0 aliphatic rings. The summed E-state index contributed by atoms with van der Waals surface area (Å²) in [5, 5.41) is 9.31. The number of methoxy groups -OCH3 is 1. The molecule has 4 rings (SSSR count). The summed E-state index contributed by atoms with van der Waals surface area (Å²) < 4.78 is 32.4. The molecule has 9 heteroatoms. The molecule has 0 saturated heterocycles. The third-order valence-electron chi connectivity index (χ3n) is 4.59. The molecule has 0 amide bonds. The zero-order valence-electron chi connectivity index (χ0n) is 16.7. The van der Waals surface area contributed by atoms with E-state index in [4.69, 9.17) is 4.74 Å². The molecular weight excluding hydrogens is 432 g/mol. The highest BCUT2D eigenvalue weighted by Gasteiger charge is 2.19.